The van der Waals surface area contributed by atoms with Crippen molar-refractivity contribution in [1.82, 2.24) is 4.90 Å². The molecule has 0 N–H and O–H groups in total. The first-order chi connectivity index (χ1) is 9.67. The molecule has 0 spiro atoms. The highest BCUT2D eigenvalue weighted by Gasteiger charge is 2.30. The molecule has 0 unspecified atom stereocenters. The van der Waals surface area contributed by atoms with E-state index in [1.165, 1.54) is 6.42 Å². The summed E-state index contributed by atoms with van der Waals surface area (Å²) in [6.07, 6.45) is 4.34. The number of benzene rings is 1. The molecule has 0 aliphatic heterocycles. The fraction of sp³-hybridized carbons (Fsp3) is 0.533. The zero-order valence-electron chi connectivity index (χ0n) is 11.6. The lowest BCUT2D eigenvalue weighted by Crippen LogP contribution is -2.45. The van der Waals surface area contributed by atoms with E-state index < -0.39 is 0 Å². The minimum atomic E-state index is 0.0231. The molecule has 110 valence electrons. The number of methoxy groups -OCH3 is 1. The topological polar surface area (TPSA) is 29.5 Å². The van der Waals surface area contributed by atoms with Crippen LogP contribution in [0, 0.1) is 0 Å². The van der Waals surface area contributed by atoms with Gasteiger partial charge in [-0.3, -0.25) is 4.79 Å². The Morgan fingerprint density at radius 1 is 1.50 bits per heavy atom. The lowest BCUT2D eigenvalue weighted by Gasteiger charge is -2.38. The summed E-state index contributed by atoms with van der Waals surface area (Å²) in [6.45, 7) is 0.768. The molecule has 3 nitrogen and oxygen atoms in total. The number of carbonyl (C=O) groups excluding carboxylic acids is 1. The van der Waals surface area contributed by atoms with Gasteiger partial charge in [0.05, 0.1) is 12.7 Å². The van der Waals surface area contributed by atoms with Crippen molar-refractivity contribution in [1.29, 1.82) is 0 Å². The second-order valence-corrected chi connectivity index (χ2v) is 6.20. The van der Waals surface area contributed by atoms with Crippen molar-refractivity contribution >= 4 is 33.4 Å². The molecular weight excluding hydrogens is 342 g/mol. The minimum Gasteiger partial charge on any atom is -0.496 e. The normalized spacial score (nSPS) is 14.8. The van der Waals surface area contributed by atoms with Gasteiger partial charge in [-0.1, -0.05) is 27.5 Å². The second kappa shape index (κ2) is 7.32. The zero-order valence-corrected chi connectivity index (χ0v) is 13.9. The molecule has 1 aliphatic carbocycles. The second-order valence-electron chi connectivity index (χ2n) is 4.97. The van der Waals surface area contributed by atoms with Crippen molar-refractivity contribution < 1.29 is 9.53 Å². The summed E-state index contributed by atoms with van der Waals surface area (Å²) in [4.78, 5) is 14.8. The Balaban J connectivity index is 2.23. The summed E-state index contributed by atoms with van der Waals surface area (Å²) < 4.78 is 5.29. The van der Waals surface area contributed by atoms with E-state index in [0.29, 0.717) is 22.4 Å². The first-order valence-corrected chi connectivity index (χ1v) is 8.37. The highest BCUT2D eigenvalue weighted by molar-refractivity contribution is 9.09. The molecule has 1 saturated carbocycles. The maximum atomic E-state index is 12.8. The minimum absolute atomic E-state index is 0.0231. The van der Waals surface area contributed by atoms with Crippen LogP contribution in [0.15, 0.2) is 18.2 Å². The molecule has 0 bridgehead atoms. The van der Waals surface area contributed by atoms with E-state index in [1.807, 2.05) is 4.90 Å². The number of nitrogens with zero attached hydrogens (tertiary/aromatic N) is 1. The number of halogens is 2. The van der Waals surface area contributed by atoms with Crippen LogP contribution in [0.3, 0.4) is 0 Å². The number of carbonyl (C=O) groups is 1. The standard InChI is InChI=1S/C15H19BrClNO2/c1-20-14-7-6-11(17)10-13(14)15(19)18(9-3-8-16)12-4-2-5-12/h6-7,10,12H,2-5,8-9H2,1H3. The number of hydrogen-bond acceptors (Lipinski definition) is 2. The van der Waals surface area contributed by atoms with Gasteiger partial charge < -0.3 is 9.64 Å². The third kappa shape index (κ3) is 3.47. The summed E-state index contributed by atoms with van der Waals surface area (Å²) in [5.74, 6) is 0.609. The van der Waals surface area contributed by atoms with Crippen LogP contribution in [0.2, 0.25) is 5.02 Å². The number of hydrogen-bond donors (Lipinski definition) is 0. The molecule has 0 saturated heterocycles. The molecule has 5 heteroatoms. The Morgan fingerprint density at radius 2 is 2.25 bits per heavy atom. The Labute approximate surface area is 133 Å². The van der Waals surface area contributed by atoms with Crippen LogP contribution in [0.1, 0.15) is 36.0 Å². The average molecular weight is 361 g/mol. The third-order valence-corrected chi connectivity index (χ3v) is 4.50. The Bertz CT molecular complexity index is 477. The molecule has 1 aromatic rings. The van der Waals surface area contributed by atoms with E-state index >= 15 is 0 Å². The van der Waals surface area contributed by atoms with E-state index in [2.05, 4.69) is 15.9 Å². The lowest BCUT2D eigenvalue weighted by molar-refractivity contribution is 0.0578. The van der Waals surface area contributed by atoms with Crippen LogP contribution in [-0.4, -0.2) is 35.8 Å². The Kier molecular flexibility index (Phi) is 5.73. The van der Waals surface area contributed by atoms with Gasteiger partial charge >= 0.3 is 0 Å². The highest BCUT2D eigenvalue weighted by Crippen LogP contribution is 2.30. The van der Waals surface area contributed by atoms with Gasteiger partial charge in [0.25, 0.3) is 5.91 Å². The van der Waals surface area contributed by atoms with Gasteiger partial charge in [-0.25, -0.2) is 0 Å². The molecule has 1 amide bonds. The van der Waals surface area contributed by atoms with Crippen LogP contribution in [0.25, 0.3) is 0 Å². The zero-order chi connectivity index (χ0) is 14.5. The van der Waals surface area contributed by atoms with Gasteiger partial charge in [0.15, 0.2) is 0 Å². The maximum absolute atomic E-state index is 12.8. The maximum Gasteiger partial charge on any atom is 0.257 e. The number of ether oxygens (including phenoxy) is 1. The van der Waals surface area contributed by atoms with Crippen molar-refractivity contribution in [3.05, 3.63) is 28.8 Å². The quantitative estimate of drug-likeness (QED) is 0.714. The van der Waals surface area contributed by atoms with E-state index in [4.69, 9.17) is 16.3 Å². The summed E-state index contributed by atoms with van der Waals surface area (Å²) in [7, 11) is 1.58. The molecule has 0 atom stereocenters. The lowest BCUT2D eigenvalue weighted by atomic mass is 9.90. The van der Waals surface area contributed by atoms with Crippen LogP contribution < -0.4 is 4.74 Å². The van der Waals surface area contributed by atoms with Gasteiger partial charge in [-0.15, -0.1) is 0 Å². The molecule has 1 aliphatic rings. The third-order valence-electron chi connectivity index (χ3n) is 3.70. The molecule has 1 fully saturated rings. The molecular formula is C15H19BrClNO2. The smallest absolute Gasteiger partial charge is 0.257 e. The molecule has 2 rings (SSSR count). The van der Waals surface area contributed by atoms with Crippen molar-refractivity contribution in [3.63, 3.8) is 0 Å². The van der Waals surface area contributed by atoms with Crippen LogP contribution in [0.4, 0.5) is 0 Å². The molecule has 1 aromatic carbocycles. The fourth-order valence-electron chi connectivity index (χ4n) is 2.38. The monoisotopic (exact) mass is 359 g/mol. The molecule has 0 radical (unpaired) electrons. The van der Waals surface area contributed by atoms with Crippen LogP contribution in [0.5, 0.6) is 5.75 Å². The van der Waals surface area contributed by atoms with Gasteiger partial charge in [-0.2, -0.15) is 0 Å². The average Bonchev–Trinajstić information content (AvgIpc) is 2.40. The number of rotatable bonds is 6. The number of alkyl halides is 1. The van der Waals surface area contributed by atoms with Crippen molar-refractivity contribution in [2.24, 2.45) is 0 Å². The summed E-state index contributed by atoms with van der Waals surface area (Å²) in [6, 6.07) is 5.55. The molecule has 0 heterocycles. The van der Waals surface area contributed by atoms with Crippen LogP contribution >= 0.6 is 27.5 Å². The SMILES string of the molecule is COc1ccc(Cl)cc1C(=O)N(CCCBr)C1CCC1. The van der Waals surface area contributed by atoms with Gasteiger partial charge in [0.1, 0.15) is 5.75 Å². The van der Waals surface area contributed by atoms with E-state index in [1.54, 1.807) is 25.3 Å². The van der Waals surface area contributed by atoms with Crippen molar-refractivity contribution in [2.45, 2.75) is 31.7 Å². The summed E-state index contributed by atoms with van der Waals surface area (Å²) in [5, 5.41) is 1.46. The van der Waals surface area contributed by atoms with Gasteiger partial charge in [0, 0.05) is 22.9 Å². The Morgan fingerprint density at radius 3 is 2.80 bits per heavy atom. The van der Waals surface area contributed by atoms with E-state index in [9.17, 15) is 4.79 Å². The first kappa shape index (κ1) is 15.6. The molecule has 20 heavy (non-hydrogen) atoms. The first-order valence-electron chi connectivity index (χ1n) is 6.88. The van der Waals surface area contributed by atoms with E-state index in [-0.39, 0.29) is 5.91 Å². The molecule has 0 aromatic heterocycles. The summed E-state index contributed by atoms with van der Waals surface area (Å²) in [5.41, 5.74) is 0.557. The van der Waals surface area contributed by atoms with Gasteiger partial charge in [-0.05, 0) is 43.9 Å². The van der Waals surface area contributed by atoms with Crippen molar-refractivity contribution in [3.8, 4) is 5.75 Å². The van der Waals surface area contributed by atoms with Crippen LogP contribution in [-0.2, 0) is 0 Å². The number of amides is 1. The van der Waals surface area contributed by atoms with Crippen molar-refractivity contribution in [2.75, 3.05) is 19.0 Å². The predicted octanol–water partition coefficient (Wildman–Crippen LogP) is 4.13. The van der Waals surface area contributed by atoms with E-state index in [0.717, 1.165) is 31.1 Å². The largest absolute Gasteiger partial charge is 0.496 e. The predicted molar refractivity (Wildman–Crippen MR) is 85.1 cm³/mol. The summed E-state index contributed by atoms with van der Waals surface area (Å²) >= 11 is 9.45. The van der Waals surface area contributed by atoms with Gasteiger partial charge in [0.2, 0.25) is 0 Å². The fourth-order valence-corrected chi connectivity index (χ4v) is 2.80. The Hall–Kier alpha value is -0.740. The highest BCUT2D eigenvalue weighted by atomic mass is 79.9.